The summed E-state index contributed by atoms with van der Waals surface area (Å²) >= 11 is 0. The number of hydrogen-bond acceptors (Lipinski definition) is 5. The minimum Gasteiger partial charge on any atom is -0.478 e. The van der Waals surface area contributed by atoms with Gasteiger partial charge in [-0.2, -0.15) is 0 Å². The molecular formula is C12H17NO6S2. The lowest BCUT2D eigenvalue weighted by molar-refractivity contribution is 0.0696. The summed E-state index contributed by atoms with van der Waals surface area (Å²) in [6.45, 7) is 2.98. The van der Waals surface area contributed by atoms with Crippen LogP contribution in [-0.4, -0.2) is 46.0 Å². The number of sulfone groups is 1. The van der Waals surface area contributed by atoms with Crippen molar-refractivity contribution < 1.29 is 26.7 Å². The number of hydrogen-bond donors (Lipinski definition) is 2. The maximum absolute atomic E-state index is 12.1. The van der Waals surface area contributed by atoms with Gasteiger partial charge in [0.2, 0.25) is 10.0 Å². The van der Waals surface area contributed by atoms with Crippen molar-refractivity contribution in [1.82, 2.24) is 4.72 Å². The minimum absolute atomic E-state index is 0.117. The molecule has 0 bridgehead atoms. The van der Waals surface area contributed by atoms with Crippen molar-refractivity contribution in [3.8, 4) is 0 Å². The van der Waals surface area contributed by atoms with E-state index in [-0.39, 0.29) is 16.2 Å². The van der Waals surface area contributed by atoms with Gasteiger partial charge in [0.25, 0.3) is 0 Å². The molecule has 21 heavy (non-hydrogen) atoms. The van der Waals surface area contributed by atoms with Crippen molar-refractivity contribution in [3.63, 3.8) is 0 Å². The molecule has 1 aromatic rings. The van der Waals surface area contributed by atoms with Crippen molar-refractivity contribution >= 4 is 25.8 Å². The molecule has 7 nitrogen and oxygen atoms in total. The Hall–Kier alpha value is -1.45. The van der Waals surface area contributed by atoms with Gasteiger partial charge in [0.15, 0.2) is 0 Å². The second-order valence-electron chi connectivity index (χ2n) is 4.90. The van der Waals surface area contributed by atoms with E-state index in [0.29, 0.717) is 5.56 Å². The van der Waals surface area contributed by atoms with Crippen LogP contribution in [0, 0.1) is 6.92 Å². The van der Waals surface area contributed by atoms with Gasteiger partial charge in [-0.1, -0.05) is 6.07 Å². The van der Waals surface area contributed by atoms with E-state index in [4.69, 9.17) is 5.11 Å². The first-order valence-corrected chi connectivity index (χ1v) is 9.51. The van der Waals surface area contributed by atoms with Gasteiger partial charge >= 0.3 is 5.97 Å². The molecule has 9 heteroatoms. The lowest BCUT2D eigenvalue weighted by Gasteiger charge is -2.14. The van der Waals surface area contributed by atoms with Crippen LogP contribution in [0.4, 0.5) is 0 Å². The van der Waals surface area contributed by atoms with Crippen LogP contribution in [0.15, 0.2) is 23.1 Å². The van der Waals surface area contributed by atoms with Crippen LogP contribution in [0.25, 0.3) is 0 Å². The molecule has 0 heterocycles. The van der Waals surface area contributed by atoms with Crippen molar-refractivity contribution in [2.45, 2.75) is 24.8 Å². The lowest BCUT2D eigenvalue weighted by Crippen LogP contribution is -2.37. The summed E-state index contributed by atoms with van der Waals surface area (Å²) in [5, 5.41) is 9.00. The highest BCUT2D eigenvalue weighted by atomic mass is 32.2. The molecule has 0 aliphatic rings. The van der Waals surface area contributed by atoms with Crippen molar-refractivity contribution in [3.05, 3.63) is 29.3 Å². The zero-order valence-corrected chi connectivity index (χ0v) is 13.5. The lowest BCUT2D eigenvalue weighted by atomic mass is 10.1. The van der Waals surface area contributed by atoms with Crippen LogP contribution < -0.4 is 4.72 Å². The van der Waals surface area contributed by atoms with E-state index < -0.39 is 31.9 Å². The number of aryl methyl sites for hydroxylation is 1. The average molecular weight is 335 g/mol. The third kappa shape index (κ3) is 5.10. The SMILES string of the molecule is Cc1ccc(S(=O)(=O)NC(C)CS(C)(=O)=O)cc1C(=O)O. The summed E-state index contributed by atoms with van der Waals surface area (Å²) in [5.74, 6) is -1.57. The third-order valence-electron chi connectivity index (χ3n) is 2.66. The summed E-state index contributed by atoms with van der Waals surface area (Å²) in [5.41, 5.74) is 0.319. The van der Waals surface area contributed by atoms with E-state index in [0.717, 1.165) is 12.3 Å². The molecule has 118 valence electrons. The van der Waals surface area contributed by atoms with E-state index >= 15 is 0 Å². The standard InChI is InChI=1S/C12H17NO6S2/c1-8-4-5-10(6-11(8)12(14)15)21(18,19)13-9(2)7-20(3,16)17/h4-6,9,13H,7H2,1-3H3,(H,14,15). The fourth-order valence-electron chi connectivity index (χ4n) is 1.82. The van der Waals surface area contributed by atoms with Gasteiger partial charge in [-0.05, 0) is 31.5 Å². The molecule has 0 aliphatic heterocycles. The maximum Gasteiger partial charge on any atom is 0.335 e. The average Bonchev–Trinajstić information content (AvgIpc) is 2.24. The topological polar surface area (TPSA) is 118 Å². The molecule has 0 saturated heterocycles. The van der Waals surface area contributed by atoms with E-state index in [1.54, 1.807) is 6.92 Å². The van der Waals surface area contributed by atoms with Crippen molar-refractivity contribution in [2.24, 2.45) is 0 Å². The molecule has 1 aromatic carbocycles. The summed E-state index contributed by atoms with van der Waals surface area (Å²) in [6, 6.07) is 2.89. The molecule has 0 amide bonds. The third-order valence-corrected chi connectivity index (χ3v) is 5.35. The van der Waals surface area contributed by atoms with E-state index in [1.807, 2.05) is 0 Å². The molecular weight excluding hydrogens is 318 g/mol. The number of sulfonamides is 1. The fraction of sp³-hybridized carbons (Fsp3) is 0.417. The van der Waals surface area contributed by atoms with E-state index in [1.165, 1.54) is 19.1 Å². The number of carbonyl (C=O) groups is 1. The first kappa shape index (κ1) is 17.6. The number of aromatic carboxylic acids is 1. The Morgan fingerprint density at radius 1 is 1.29 bits per heavy atom. The van der Waals surface area contributed by atoms with Crippen LogP contribution >= 0.6 is 0 Å². The predicted molar refractivity (Wildman–Crippen MR) is 77.6 cm³/mol. The Labute approximate surface area is 124 Å². The van der Waals surface area contributed by atoms with Crippen LogP contribution in [0.1, 0.15) is 22.8 Å². The number of rotatable bonds is 6. The van der Waals surface area contributed by atoms with Crippen molar-refractivity contribution in [1.29, 1.82) is 0 Å². The Balaban J connectivity index is 3.09. The van der Waals surface area contributed by atoms with Crippen LogP contribution in [0.3, 0.4) is 0 Å². The van der Waals surface area contributed by atoms with Gasteiger partial charge in [-0.3, -0.25) is 0 Å². The van der Waals surface area contributed by atoms with Crippen LogP contribution in [0.5, 0.6) is 0 Å². The Morgan fingerprint density at radius 3 is 2.33 bits per heavy atom. The van der Waals surface area contributed by atoms with Gasteiger partial charge in [-0.25, -0.2) is 26.4 Å². The smallest absolute Gasteiger partial charge is 0.335 e. The highest BCUT2D eigenvalue weighted by Gasteiger charge is 2.21. The quantitative estimate of drug-likeness (QED) is 0.777. The molecule has 2 N–H and O–H groups in total. The maximum atomic E-state index is 12.1. The van der Waals surface area contributed by atoms with Gasteiger partial charge in [0.05, 0.1) is 16.2 Å². The first-order valence-electron chi connectivity index (χ1n) is 5.96. The number of carboxylic acid groups (broad SMARTS) is 1. The van der Waals surface area contributed by atoms with Crippen LogP contribution in [-0.2, 0) is 19.9 Å². The largest absolute Gasteiger partial charge is 0.478 e. The highest BCUT2D eigenvalue weighted by molar-refractivity contribution is 7.91. The molecule has 0 radical (unpaired) electrons. The van der Waals surface area contributed by atoms with Gasteiger partial charge in [0, 0.05) is 12.3 Å². The number of carboxylic acids is 1. The van der Waals surface area contributed by atoms with E-state index in [2.05, 4.69) is 4.72 Å². The van der Waals surface area contributed by atoms with Crippen LogP contribution in [0.2, 0.25) is 0 Å². The van der Waals surface area contributed by atoms with Gasteiger partial charge < -0.3 is 5.11 Å². The summed E-state index contributed by atoms with van der Waals surface area (Å²) < 4.78 is 48.7. The molecule has 0 aromatic heterocycles. The zero-order valence-electron chi connectivity index (χ0n) is 11.8. The monoisotopic (exact) mass is 335 g/mol. The first-order chi connectivity index (χ1) is 9.42. The number of nitrogens with one attached hydrogen (secondary N) is 1. The minimum atomic E-state index is -3.98. The summed E-state index contributed by atoms with van der Waals surface area (Å²) in [7, 11) is -7.31. The Morgan fingerprint density at radius 2 is 1.86 bits per heavy atom. The normalized spacial score (nSPS) is 13.9. The van der Waals surface area contributed by atoms with Gasteiger partial charge in [-0.15, -0.1) is 0 Å². The molecule has 1 rings (SSSR count). The predicted octanol–water partition coefficient (Wildman–Crippen LogP) is 0.405. The molecule has 0 aliphatic carbocycles. The van der Waals surface area contributed by atoms with E-state index in [9.17, 15) is 21.6 Å². The zero-order chi connectivity index (χ0) is 16.4. The van der Waals surface area contributed by atoms with Gasteiger partial charge in [0.1, 0.15) is 9.84 Å². The summed E-state index contributed by atoms with van der Waals surface area (Å²) in [4.78, 5) is 10.8. The fourth-order valence-corrected chi connectivity index (χ4v) is 4.19. The second kappa shape index (κ2) is 6.12. The Bertz CT molecular complexity index is 752. The Kier molecular flexibility index (Phi) is 5.13. The van der Waals surface area contributed by atoms with Crippen molar-refractivity contribution in [2.75, 3.05) is 12.0 Å². The highest BCUT2D eigenvalue weighted by Crippen LogP contribution is 2.16. The molecule has 1 unspecified atom stereocenters. The second-order valence-corrected chi connectivity index (χ2v) is 8.80. The molecule has 0 spiro atoms. The molecule has 1 atom stereocenters. The number of benzene rings is 1. The molecule has 0 saturated carbocycles. The molecule has 0 fully saturated rings. The summed E-state index contributed by atoms with van der Waals surface area (Å²) in [6.07, 6.45) is 1.01.